The van der Waals surface area contributed by atoms with Gasteiger partial charge in [-0.3, -0.25) is 9.59 Å². The first kappa shape index (κ1) is 55.6. The topological polar surface area (TPSA) is 61.8 Å². The standard InChI is InChI=1S/C53H94O5/c1-4-7-10-13-16-19-22-24-25-26-27-28-30-33-36-39-42-45-48-56-49-51(58-53(55)47-44-41-38-35-31-21-18-15-12-9-6-3)50-57-52(54)46-43-40-37-34-32-29-23-20-17-14-11-8-5-2/h11,14-16,18-20,23-25,51H,4-10,12-13,17,21-22,26-50H2,1-3H3/b14-11-,18-15-,19-16-,23-20-,25-24-. The summed E-state index contributed by atoms with van der Waals surface area (Å²) in [6, 6.07) is 0. The van der Waals surface area contributed by atoms with Crippen molar-refractivity contribution < 1.29 is 23.8 Å². The number of ether oxygens (including phenoxy) is 3. The van der Waals surface area contributed by atoms with E-state index in [4.69, 9.17) is 14.2 Å². The van der Waals surface area contributed by atoms with Crippen molar-refractivity contribution in [3.63, 3.8) is 0 Å². The predicted molar refractivity (Wildman–Crippen MR) is 251 cm³/mol. The Bertz CT molecular complexity index is 1010. The van der Waals surface area contributed by atoms with Gasteiger partial charge >= 0.3 is 11.9 Å². The monoisotopic (exact) mass is 811 g/mol. The van der Waals surface area contributed by atoms with Crippen molar-refractivity contribution in [2.45, 2.75) is 245 Å². The Morgan fingerprint density at radius 3 is 1.28 bits per heavy atom. The van der Waals surface area contributed by atoms with Crippen LogP contribution in [0.2, 0.25) is 0 Å². The molecule has 0 aliphatic rings. The molecule has 1 atom stereocenters. The van der Waals surface area contributed by atoms with Crippen LogP contribution in [-0.4, -0.2) is 37.9 Å². The van der Waals surface area contributed by atoms with Crippen LogP contribution in [0.3, 0.4) is 0 Å². The van der Waals surface area contributed by atoms with Crippen molar-refractivity contribution in [3.05, 3.63) is 60.8 Å². The number of carbonyl (C=O) groups is 2. The Labute approximate surface area is 360 Å². The lowest BCUT2D eigenvalue weighted by molar-refractivity contribution is -0.163. The first-order chi connectivity index (χ1) is 28.6. The molecule has 0 aliphatic carbocycles. The molecule has 5 heteroatoms. The van der Waals surface area contributed by atoms with E-state index >= 15 is 0 Å². The molecule has 0 N–H and O–H groups in total. The highest BCUT2D eigenvalue weighted by Crippen LogP contribution is 2.13. The van der Waals surface area contributed by atoms with Crippen molar-refractivity contribution in [3.8, 4) is 0 Å². The van der Waals surface area contributed by atoms with Crippen LogP contribution in [0.5, 0.6) is 0 Å². The molecule has 5 nitrogen and oxygen atoms in total. The number of unbranched alkanes of at least 4 members (excludes halogenated alkanes) is 24. The van der Waals surface area contributed by atoms with Gasteiger partial charge in [0.15, 0.2) is 6.10 Å². The molecule has 0 amide bonds. The van der Waals surface area contributed by atoms with Crippen LogP contribution < -0.4 is 0 Å². The van der Waals surface area contributed by atoms with Gasteiger partial charge in [-0.2, -0.15) is 0 Å². The molecule has 0 fully saturated rings. The number of carbonyl (C=O) groups excluding carboxylic acids is 2. The predicted octanol–water partition coefficient (Wildman–Crippen LogP) is 16.6. The number of hydrogen-bond donors (Lipinski definition) is 0. The molecular weight excluding hydrogens is 717 g/mol. The van der Waals surface area contributed by atoms with Gasteiger partial charge in [-0.05, 0) is 96.3 Å². The summed E-state index contributed by atoms with van der Waals surface area (Å²) in [4.78, 5) is 25.3. The molecule has 0 saturated carbocycles. The third-order valence-corrected chi connectivity index (χ3v) is 10.5. The van der Waals surface area contributed by atoms with Crippen LogP contribution in [0, 0.1) is 0 Å². The molecule has 336 valence electrons. The van der Waals surface area contributed by atoms with E-state index in [0.29, 0.717) is 19.4 Å². The minimum Gasteiger partial charge on any atom is -0.462 e. The van der Waals surface area contributed by atoms with Crippen molar-refractivity contribution >= 4 is 11.9 Å². The minimum absolute atomic E-state index is 0.0717. The Morgan fingerprint density at radius 1 is 0.379 bits per heavy atom. The van der Waals surface area contributed by atoms with E-state index in [-0.39, 0.29) is 25.2 Å². The zero-order valence-corrected chi connectivity index (χ0v) is 38.6. The van der Waals surface area contributed by atoms with E-state index in [1.165, 1.54) is 128 Å². The molecule has 0 aromatic carbocycles. The van der Waals surface area contributed by atoms with Crippen molar-refractivity contribution in [2.75, 3.05) is 19.8 Å². The fourth-order valence-electron chi connectivity index (χ4n) is 6.73. The lowest BCUT2D eigenvalue weighted by atomic mass is 10.1. The van der Waals surface area contributed by atoms with Crippen LogP contribution in [0.25, 0.3) is 0 Å². The second-order valence-corrected chi connectivity index (χ2v) is 16.4. The Hall–Kier alpha value is -2.40. The summed E-state index contributed by atoms with van der Waals surface area (Å²) < 4.78 is 17.3. The minimum atomic E-state index is -0.548. The van der Waals surface area contributed by atoms with Crippen molar-refractivity contribution in [1.82, 2.24) is 0 Å². The Balaban J connectivity index is 4.26. The van der Waals surface area contributed by atoms with E-state index < -0.39 is 6.10 Å². The molecule has 0 spiro atoms. The van der Waals surface area contributed by atoms with Gasteiger partial charge in [0.1, 0.15) is 6.61 Å². The molecule has 0 aromatic heterocycles. The molecule has 0 radical (unpaired) electrons. The molecule has 58 heavy (non-hydrogen) atoms. The van der Waals surface area contributed by atoms with E-state index in [1.807, 2.05) is 0 Å². The molecule has 0 heterocycles. The summed E-state index contributed by atoms with van der Waals surface area (Å²) in [5, 5.41) is 0. The summed E-state index contributed by atoms with van der Waals surface area (Å²) in [5.74, 6) is -0.426. The fraction of sp³-hybridized carbons (Fsp3) is 0.774. The molecule has 0 rings (SSSR count). The molecule has 1 unspecified atom stereocenters. The smallest absolute Gasteiger partial charge is 0.306 e. The van der Waals surface area contributed by atoms with Gasteiger partial charge < -0.3 is 14.2 Å². The Morgan fingerprint density at radius 2 is 0.776 bits per heavy atom. The van der Waals surface area contributed by atoms with Crippen LogP contribution in [-0.2, 0) is 23.8 Å². The van der Waals surface area contributed by atoms with Crippen LogP contribution >= 0.6 is 0 Å². The highest BCUT2D eigenvalue weighted by molar-refractivity contribution is 5.70. The van der Waals surface area contributed by atoms with Crippen LogP contribution in [0.15, 0.2) is 60.8 Å². The number of allylic oxidation sites excluding steroid dienone is 10. The maximum absolute atomic E-state index is 12.7. The van der Waals surface area contributed by atoms with Crippen LogP contribution in [0.4, 0.5) is 0 Å². The zero-order chi connectivity index (χ0) is 42.1. The summed E-state index contributed by atoms with van der Waals surface area (Å²) in [7, 11) is 0. The third kappa shape index (κ3) is 46.3. The zero-order valence-electron chi connectivity index (χ0n) is 38.6. The van der Waals surface area contributed by atoms with E-state index in [1.54, 1.807) is 0 Å². The number of rotatable bonds is 45. The van der Waals surface area contributed by atoms with Gasteiger partial charge in [0.05, 0.1) is 6.61 Å². The first-order valence-electron chi connectivity index (χ1n) is 24.8. The van der Waals surface area contributed by atoms with Gasteiger partial charge in [0.25, 0.3) is 0 Å². The number of esters is 2. The molecule has 0 saturated heterocycles. The summed E-state index contributed by atoms with van der Waals surface area (Å²) >= 11 is 0. The van der Waals surface area contributed by atoms with Crippen LogP contribution in [0.1, 0.15) is 239 Å². The van der Waals surface area contributed by atoms with Gasteiger partial charge in [0.2, 0.25) is 0 Å². The van der Waals surface area contributed by atoms with Crippen molar-refractivity contribution in [2.24, 2.45) is 0 Å². The average Bonchev–Trinajstić information content (AvgIpc) is 3.22. The molecule has 0 aliphatic heterocycles. The van der Waals surface area contributed by atoms with Gasteiger partial charge in [-0.15, -0.1) is 0 Å². The molecule has 0 aromatic rings. The van der Waals surface area contributed by atoms with Gasteiger partial charge in [0, 0.05) is 19.4 Å². The van der Waals surface area contributed by atoms with Crippen molar-refractivity contribution in [1.29, 1.82) is 0 Å². The molecular formula is C53H94O5. The summed E-state index contributed by atoms with van der Waals surface area (Å²) in [6.07, 6.45) is 60.8. The largest absolute Gasteiger partial charge is 0.462 e. The quantitative estimate of drug-likeness (QED) is 0.0348. The molecule has 0 bridgehead atoms. The second kappa shape index (κ2) is 49.0. The first-order valence-corrected chi connectivity index (χ1v) is 24.8. The van der Waals surface area contributed by atoms with E-state index in [2.05, 4.69) is 81.5 Å². The summed E-state index contributed by atoms with van der Waals surface area (Å²) in [6.45, 7) is 7.68. The number of hydrogen-bond acceptors (Lipinski definition) is 5. The summed E-state index contributed by atoms with van der Waals surface area (Å²) in [5.41, 5.74) is 0. The van der Waals surface area contributed by atoms with E-state index in [0.717, 1.165) is 77.0 Å². The van der Waals surface area contributed by atoms with E-state index in [9.17, 15) is 9.59 Å². The second-order valence-electron chi connectivity index (χ2n) is 16.4. The van der Waals surface area contributed by atoms with Gasteiger partial charge in [-0.25, -0.2) is 0 Å². The normalized spacial score (nSPS) is 12.7. The fourth-order valence-corrected chi connectivity index (χ4v) is 6.73. The third-order valence-electron chi connectivity index (χ3n) is 10.5. The highest BCUT2D eigenvalue weighted by Gasteiger charge is 2.17. The van der Waals surface area contributed by atoms with Gasteiger partial charge in [-0.1, -0.05) is 191 Å². The maximum Gasteiger partial charge on any atom is 0.306 e. The highest BCUT2D eigenvalue weighted by atomic mass is 16.6. The lowest BCUT2D eigenvalue weighted by Gasteiger charge is -2.18. The maximum atomic E-state index is 12.7. The average molecular weight is 811 g/mol. The lowest BCUT2D eigenvalue weighted by Crippen LogP contribution is -2.30. The SMILES string of the molecule is CCC/C=C\C/C=C\CCCCCCCC(=O)OCC(COCCCCCCCCCC/C=C\C/C=C\CCCCC)OC(=O)CCCCCCC/C=C\CCCC. The Kier molecular flexibility index (Phi) is 46.9.